The van der Waals surface area contributed by atoms with Gasteiger partial charge in [-0.3, -0.25) is 0 Å². The zero-order chi connectivity index (χ0) is 14.4. The molecule has 118 valence electrons. The number of piperidine rings is 1. The minimum absolute atomic E-state index is 0.490. The first-order valence-corrected chi connectivity index (χ1v) is 9.50. The molecule has 20 heavy (non-hydrogen) atoms. The number of rotatable bonds is 6. The molecular weight excluding hydrogens is 274 g/mol. The number of nitrogens with two attached hydrogens (primary N) is 1. The van der Waals surface area contributed by atoms with Gasteiger partial charge in [-0.1, -0.05) is 32.1 Å². The Balaban J connectivity index is 1.70. The molecule has 0 spiro atoms. The zero-order valence-electron chi connectivity index (χ0n) is 12.4. The van der Waals surface area contributed by atoms with Crippen molar-refractivity contribution < 1.29 is 8.42 Å². The van der Waals surface area contributed by atoms with Gasteiger partial charge in [0.15, 0.2) is 0 Å². The molecule has 1 saturated carbocycles. The highest BCUT2D eigenvalue weighted by molar-refractivity contribution is 7.87. The topological polar surface area (TPSA) is 75.4 Å². The molecule has 0 amide bonds. The first-order chi connectivity index (χ1) is 9.62. The van der Waals surface area contributed by atoms with Crippen molar-refractivity contribution in [3.05, 3.63) is 0 Å². The summed E-state index contributed by atoms with van der Waals surface area (Å²) in [6, 6.07) is 0. The van der Waals surface area contributed by atoms with Crippen molar-refractivity contribution in [3.8, 4) is 0 Å². The number of hydrogen-bond acceptors (Lipinski definition) is 3. The third-order valence-corrected chi connectivity index (χ3v) is 6.42. The Morgan fingerprint density at radius 1 is 1.00 bits per heavy atom. The third-order valence-electron chi connectivity index (χ3n) is 4.81. The maximum absolute atomic E-state index is 12.2. The van der Waals surface area contributed by atoms with E-state index >= 15 is 0 Å². The highest BCUT2D eigenvalue weighted by Crippen LogP contribution is 2.26. The van der Waals surface area contributed by atoms with Gasteiger partial charge in [0.2, 0.25) is 0 Å². The molecule has 0 atom stereocenters. The van der Waals surface area contributed by atoms with Gasteiger partial charge in [0.05, 0.1) is 0 Å². The van der Waals surface area contributed by atoms with Crippen LogP contribution in [0.25, 0.3) is 0 Å². The molecule has 0 aromatic carbocycles. The van der Waals surface area contributed by atoms with E-state index in [1.165, 1.54) is 32.1 Å². The van der Waals surface area contributed by atoms with Gasteiger partial charge in [0.25, 0.3) is 10.2 Å². The number of hydrogen-bond donors (Lipinski definition) is 2. The van der Waals surface area contributed by atoms with Gasteiger partial charge in [0, 0.05) is 19.6 Å². The van der Waals surface area contributed by atoms with Gasteiger partial charge in [-0.05, 0) is 37.6 Å². The van der Waals surface area contributed by atoms with Crippen molar-refractivity contribution >= 4 is 10.2 Å². The normalized spacial score (nSPS) is 24.1. The molecule has 0 bridgehead atoms. The largest absolute Gasteiger partial charge is 0.330 e. The van der Waals surface area contributed by atoms with Crippen LogP contribution in [0.2, 0.25) is 0 Å². The van der Waals surface area contributed by atoms with Crippen molar-refractivity contribution in [2.24, 2.45) is 17.6 Å². The fourth-order valence-electron chi connectivity index (χ4n) is 3.34. The van der Waals surface area contributed by atoms with Gasteiger partial charge in [-0.25, -0.2) is 4.72 Å². The molecule has 5 nitrogen and oxygen atoms in total. The van der Waals surface area contributed by atoms with E-state index in [1.54, 1.807) is 4.31 Å². The Morgan fingerprint density at radius 3 is 2.25 bits per heavy atom. The molecule has 0 aromatic rings. The maximum Gasteiger partial charge on any atom is 0.279 e. The summed E-state index contributed by atoms with van der Waals surface area (Å²) in [7, 11) is -3.27. The van der Waals surface area contributed by atoms with Crippen molar-refractivity contribution in [1.29, 1.82) is 0 Å². The SMILES string of the molecule is NCC1CCN(S(=O)(=O)NCCC2CCCCC2)CC1. The smallest absolute Gasteiger partial charge is 0.279 e. The zero-order valence-corrected chi connectivity index (χ0v) is 13.2. The Kier molecular flexibility index (Phi) is 6.26. The Labute approximate surface area is 123 Å². The second-order valence-corrected chi connectivity index (χ2v) is 8.03. The molecule has 3 N–H and O–H groups in total. The fourth-order valence-corrected chi connectivity index (χ4v) is 4.59. The molecule has 1 aliphatic heterocycles. The van der Waals surface area contributed by atoms with E-state index in [0.717, 1.165) is 25.2 Å². The summed E-state index contributed by atoms with van der Waals surface area (Å²) >= 11 is 0. The van der Waals surface area contributed by atoms with E-state index in [0.29, 0.717) is 32.1 Å². The van der Waals surface area contributed by atoms with Gasteiger partial charge in [-0.2, -0.15) is 12.7 Å². The highest BCUT2D eigenvalue weighted by Gasteiger charge is 2.27. The maximum atomic E-state index is 12.2. The Hall–Kier alpha value is -0.170. The van der Waals surface area contributed by atoms with Crippen LogP contribution in [0, 0.1) is 11.8 Å². The molecule has 1 heterocycles. The molecule has 2 rings (SSSR count). The van der Waals surface area contributed by atoms with Crippen LogP contribution in [0.4, 0.5) is 0 Å². The lowest BCUT2D eigenvalue weighted by atomic mass is 9.87. The third kappa shape index (κ3) is 4.69. The molecule has 0 radical (unpaired) electrons. The van der Waals surface area contributed by atoms with Crippen LogP contribution in [0.3, 0.4) is 0 Å². The molecule has 2 fully saturated rings. The summed E-state index contributed by atoms with van der Waals surface area (Å²) in [4.78, 5) is 0. The monoisotopic (exact) mass is 303 g/mol. The Bertz CT molecular complexity index is 372. The van der Waals surface area contributed by atoms with E-state index in [4.69, 9.17) is 5.73 Å². The molecule has 6 heteroatoms. The van der Waals surface area contributed by atoms with Crippen molar-refractivity contribution in [2.75, 3.05) is 26.2 Å². The van der Waals surface area contributed by atoms with Gasteiger partial charge in [-0.15, -0.1) is 0 Å². The quantitative estimate of drug-likeness (QED) is 0.780. The summed E-state index contributed by atoms with van der Waals surface area (Å²) in [5.74, 6) is 1.21. The van der Waals surface area contributed by atoms with Crippen LogP contribution in [0.15, 0.2) is 0 Å². The second-order valence-electron chi connectivity index (χ2n) is 6.27. The summed E-state index contributed by atoms with van der Waals surface area (Å²) < 4.78 is 28.8. The van der Waals surface area contributed by atoms with Crippen LogP contribution in [0.5, 0.6) is 0 Å². The van der Waals surface area contributed by atoms with Gasteiger partial charge < -0.3 is 5.73 Å². The van der Waals surface area contributed by atoms with Crippen LogP contribution >= 0.6 is 0 Å². The number of nitrogens with zero attached hydrogens (tertiary/aromatic N) is 1. The lowest BCUT2D eigenvalue weighted by Crippen LogP contribution is -2.46. The Morgan fingerprint density at radius 2 is 1.65 bits per heavy atom. The minimum Gasteiger partial charge on any atom is -0.330 e. The molecule has 2 aliphatic rings. The summed E-state index contributed by atoms with van der Waals surface area (Å²) in [6.07, 6.45) is 9.26. The van der Waals surface area contributed by atoms with Gasteiger partial charge >= 0.3 is 0 Å². The van der Waals surface area contributed by atoms with E-state index in [2.05, 4.69) is 4.72 Å². The summed E-state index contributed by atoms with van der Waals surface area (Å²) in [6.45, 7) is 2.48. The van der Waals surface area contributed by atoms with E-state index < -0.39 is 10.2 Å². The predicted octanol–water partition coefficient (Wildman–Crippen LogP) is 1.46. The van der Waals surface area contributed by atoms with Crippen LogP contribution < -0.4 is 10.5 Å². The average Bonchev–Trinajstić information content (AvgIpc) is 2.48. The van der Waals surface area contributed by atoms with Crippen molar-refractivity contribution in [2.45, 2.75) is 51.4 Å². The molecule has 1 aliphatic carbocycles. The van der Waals surface area contributed by atoms with E-state index in [-0.39, 0.29) is 0 Å². The highest BCUT2D eigenvalue weighted by atomic mass is 32.2. The van der Waals surface area contributed by atoms with Gasteiger partial charge in [0.1, 0.15) is 0 Å². The molecule has 0 aromatic heterocycles. The minimum atomic E-state index is -3.27. The van der Waals surface area contributed by atoms with Crippen molar-refractivity contribution in [1.82, 2.24) is 9.03 Å². The standard InChI is InChI=1S/C14H29N3O2S/c15-12-14-7-10-17(11-8-14)20(18,19)16-9-6-13-4-2-1-3-5-13/h13-14,16H,1-12,15H2. The van der Waals surface area contributed by atoms with Crippen LogP contribution in [0.1, 0.15) is 51.4 Å². The lowest BCUT2D eigenvalue weighted by Gasteiger charge is -2.30. The average molecular weight is 303 g/mol. The van der Waals surface area contributed by atoms with Crippen LogP contribution in [-0.2, 0) is 10.2 Å². The lowest BCUT2D eigenvalue weighted by molar-refractivity contribution is 0.274. The van der Waals surface area contributed by atoms with Crippen LogP contribution in [-0.4, -0.2) is 38.9 Å². The van der Waals surface area contributed by atoms with E-state index in [9.17, 15) is 8.42 Å². The van der Waals surface area contributed by atoms with E-state index in [1.807, 2.05) is 0 Å². The fraction of sp³-hybridized carbons (Fsp3) is 1.00. The first-order valence-electron chi connectivity index (χ1n) is 8.06. The molecular formula is C14H29N3O2S. The molecule has 1 saturated heterocycles. The molecule has 0 unspecified atom stereocenters. The second kappa shape index (κ2) is 7.73. The van der Waals surface area contributed by atoms with Crippen molar-refractivity contribution in [3.63, 3.8) is 0 Å². The summed E-state index contributed by atoms with van der Waals surface area (Å²) in [5, 5.41) is 0. The predicted molar refractivity (Wildman–Crippen MR) is 81.5 cm³/mol. The summed E-state index contributed by atoms with van der Waals surface area (Å²) in [5.41, 5.74) is 5.64. The first kappa shape index (κ1) is 16.2. The number of nitrogens with one attached hydrogen (secondary N) is 1.